The van der Waals surface area contributed by atoms with Crippen molar-refractivity contribution >= 4 is 28.5 Å². The summed E-state index contributed by atoms with van der Waals surface area (Å²) in [6.07, 6.45) is 2.16. The van der Waals surface area contributed by atoms with Crippen molar-refractivity contribution < 1.29 is 4.63 Å². The first-order chi connectivity index (χ1) is 9.15. The predicted octanol–water partition coefficient (Wildman–Crippen LogP) is 2.15. The first-order valence-electron chi connectivity index (χ1n) is 5.63. The average Bonchev–Trinajstić information content (AvgIpc) is 2.85. The molecular formula is C12H10ClN5O. The smallest absolute Gasteiger partial charge is 0.226 e. The van der Waals surface area contributed by atoms with Gasteiger partial charge in [0.2, 0.25) is 5.65 Å². The molecule has 0 amide bonds. The Kier molecular flexibility index (Phi) is 2.79. The highest BCUT2D eigenvalue weighted by Gasteiger charge is 2.15. The lowest BCUT2D eigenvalue weighted by Gasteiger charge is -2.08. The van der Waals surface area contributed by atoms with Gasteiger partial charge < -0.3 is 5.73 Å². The minimum atomic E-state index is 0.419. The number of pyridine rings is 2. The SMILES string of the molecule is Cc1nc2nonc2c(N)c1Cc1ccc(Cl)cn1. The number of hydrogen-bond donors (Lipinski definition) is 1. The Balaban J connectivity index is 2.06. The highest BCUT2D eigenvalue weighted by Crippen LogP contribution is 2.25. The molecule has 3 heterocycles. The van der Waals surface area contributed by atoms with Crippen molar-refractivity contribution in [3.05, 3.63) is 40.3 Å². The first kappa shape index (κ1) is 11.9. The van der Waals surface area contributed by atoms with Gasteiger partial charge in [0.25, 0.3) is 0 Å². The molecule has 19 heavy (non-hydrogen) atoms. The van der Waals surface area contributed by atoms with Crippen LogP contribution in [0.3, 0.4) is 0 Å². The fourth-order valence-electron chi connectivity index (χ4n) is 1.91. The Hall–Kier alpha value is -2.21. The van der Waals surface area contributed by atoms with Crippen LogP contribution in [0.5, 0.6) is 0 Å². The van der Waals surface area contributed by atoms with Crippen LogP contribution in [-0.4, -0.2) is 20.3 Å². The van der Waals surface area contributed by atoms with Crippen LogP contribution < -0.4 is 5.73 Å². The van der Waals surface area contributed by atoms with Gasteiger partial charge in [-0.15, -0.1) is 0 Å². The van der Waals surface area contributed by atoms with E-state index >= 15 is 0 Å². The van der Waals surface area contributed by atoms with E-state index < -0.39 is 0 Å². The Labute approximate surface area is 113 Å². The summed E-state index contributed by atoms with van der Waals surface area (Å²) in [7, 11) is 0. The molecule has 0 aromatic carbocycles. The standard InChI is InChI=1S/C12H10ClN5O/c1-6-9(4-8-3-2-7(13)5-15-8)10(14)11-12(16-6)18-19-17-11/h2-3,5H,4,14H2,1H3. The number of halogens is 1. The predicted molar refractivity (Wildman–Crippen MR) is 70.8 cm³/mol. The van der Waals surface area contributed by atoms with Crippen molar-refractivity contribution in [2.75, 3.05) is 5.73 Å². The van der Waals surface area contributed by atoms with Gasteiger partial charge in [-0.05, 0) is 29.4 Å². The van der Waals surface area contributed by atoms with Gasteiger partial charge >= 0.3 is 0 Å². The van der Waals surface area contributed by atoms with Gasteiger partial charge in [0.1, 0.15) is 0 Å². The summed E-state index contributed by atoms with van der Waals surface area (Å²) in [4.78, 5) is 8.56. The summed E-state index contributed by atoms with van der Waals surface area (Å²) in [5, 5.41) is 8.05. The molecule has 0 bridgehead atoms. The molecule has 2 N–H and O–H groups in total. The Morgan fingerprint density at radius 2 is 2.16 bits per heavy atom. The van der Waals surface area contributed by atoms with Crippen LogP contribution in [0.2, 0.25) is 5.02 Å². The zero-order valence-electron chi connectivity index (χ0n) is 10.1. The summed E-state index contributed by atoms with van der Waals surface area (Å²) in [5.74, 6) is 0. The molecule has 0 saturated heterocycles. The third kappa shape index (κ3) is 2.10. The molecule has 96 valence electrons. The van der Waals surface area contributed by atoms with Crippen molar-refractivity contribution in [2.24, 2.45) is 0 Å². The van der Waals surface area contributed by atoms with Crippen LogP contribution in [0.15, 0.2) is 23.0 Å². The molecule has 3 aromatic rings. The molecule has 3 rings (SSSR count). The van der Waals surface area contributed by atoms with Crippen LogP contribution in [0.1, 0.15) is 17.0 Å². The molecule has 3 aromatic heterocycles. The normalized spacial score (nSPS) is 11.1. The molecule has 0 radical (unpaired) electrons. The second kappa shape index (κ2) is 4.47. The average molecular weight is 276 g/mol. The Bertz CT molecular complexity index is 738. The van der Waals surface area contributed by atoms with Gasteiger partial charge in [-0.3, -0.25) is 4.98 Å². The van der Waals surface area contributed by atoms with Gasteiger partial charge in [-0.2, -0.15) is 0 Å². The van der Waals surface area contributed by atoms with Crippen molar-refractivity contribution in [3.8, 4) is 0 Å². The number of hydrogen-bond acceptors (Lipinski definition) is 6. The molecule has 0 unspecified atom stereocenters. The van der Waals surface area contributed by atoms with Gasteiger partial charge in [-0.1, -0.05) is 11.6 Å². The van der Waals surface area contributed by atoms with E-state index in [9.17, 15) is 0 Å². The molecule has 7 heteroatoms. The van der Waals surface area contributed by atoms with E-state index in [0.717, 1.165) is 17.0 Å². The van der Waals surface area contributed by atoms with E-state index in [1.807, 2.05) is 13.0 Å². The third-order valence-corrected chi connectivity index (χ3v) is 3.13. The number of nitrogens with zero attached hydrogens (tertiary/aromatic N) is 4. The van der Waals surface area contributed by atoms with E-state index in [-0.39, 0.29) is 0 Å². The molecule has 0 aliphatic carbocycles. The zero-order chi connectivity index (χ0) is 13.4. The van der Waals surface area contributed by atoms with Crippen molar-refractivity contribution in [2.45, 2.75) is 13.3 Å². The largest absolute Gasteiger partial charge is 0.396 e. The van der Waals surface area contributed by atoms with Crippen molar-refractivity contribution in [3.63, 3.8) is 0 Å². The summed E-state index contributed by atoms with van der Waals surface area (Å²) < 4.78 is 4.65. The van der Waals surface area contributed by atoms with Crippen LogP contribution in [0, 0.1) is 6.92 Å². The van der Waals surface area contributed by atoms with Crippen LogP contribution in [0.25, 0.3) is 11.2 Å². The van der Waals surface area contributed by atoms with Crippen molar-refractivity contribution in [1.29, 1.82) is 0 Å². The van der Waals surface area contributed by atoms with Crippen LogP contribution in [0.4, 0.5) is 5.69 Å². The minimum Gasteiger partial charge on any atom is -0.396 e. The van der Waals surface area contributed by atoms with E-state index in [1.54, 1.807) is 12.3 Å². The maximum absolute atomic E-state index is 6.09. The molecule has 0 atom stereocenters. The number of fused-ring (bicyclic) bond motifs is 1. The summed E-state index contributed by atoms with van der Waals surface area (Å²) in [5.41, 5.74) is 10.0. The van der Waals surface area contributed by atoms with E-state index in [2.05, 4.69) is 24.9 Å². The maximum Gasteiger partial charge on any atom is 0.226 e. The van der Waals surface area contributed by atoms with Gasteiger partial charge in [-0.25, -0.2) is 9.61 Å². The van der Waals surface area contributed by atoms with Gasteiger partial charge in [0.05, 0.1) is 10.7 Å². The Morgan fingerprint density at radius 1 is 1.32 bits per heavy atom. The van der Waals surface area contributed by atoms with E-state index in [4.69, 9.17) is 17.3 Å². The fourth-order valence-corrected chi connectivity index (χ4v) is 2.02. The molecule has 0 spiro atoms. The van der Waals surface area contributed by atoms with Crippen LogP contribution in [-0.2, 0) is 6.42 Å². The number of anilines is 1. The number of nitrogen functional groups attached to an aromatic ring is 1. The highest BCUT2D eigenvalue weighted by molar-refractivity contribution is 6.30. The second-order valence-electron chi connectivity index (χ2n) is 4.17. The maximum atomic E-state index is 6.09. The summed E-state index contributed by atoms with van der Waals surface area (Å²) >= 11 is 5.81. The number of aryl methyl sites for hydroxylation is 1. The molecular weight excluding hydrogens is 266 g/mol. The second-order valence-corrected chi connectivity index (χ2v) is 4.61. The molecule has 0 aliphatic heterocycles. The monoisotopic (exact) mass is 275 g/mol. The van der Waals surface area contributed by atoms with Crippen molar-refractivity contribution in [1.82, 2.24) is 20.3 Å². The van der Waals surface area contributed by atoms with Gasteiger partial charge in [0, 0.05) is 29.6 Å². The lowest BCUT2D eigenvalue weighted by Crippen LogP contribution is -2.03. The number of rotatable bonds is 2. The topological polar surface area (TPSA) is 90.7 Å². The summed E-state index contributed by atoms with van der Waals surface area (Å²) in [6.45, 7) is 1.87. The quantitative estimate of drug-likeness (QED) is 0.770. The molecule has 0 fully saturated rings. The van der Waals surface area contributed by atoms with Crippen LogP contribution >= 0.6 is 11.6 Å². The molecule has 6 nitrogen and oxygen atoms in total. The Morgan fingerprint density at radius 3 is 2.89 bits per heavy atom. The number of aromatic nitrogens is 4. The third-order valence-electron chi connectivity index (χ3n) is 2.91. The lowest BCUT2D eigenvalue weighted by molar-refractivity contribution is 0.315. The molecule has 0 saturated carbocycles. The summed E-state index contributed by atoms with van der Waals surface area (Å²) in [6, 6.07) is 3.64. The lowest BCUT2D eigenvalue weighted by atomic mass is 10.1. The van der Waals surface area contributed by atoms with E-state index in [0.29, 0.717) is 28.3 Å². The zero-order valence-corrected chi connectivity index (χ0v) is 10.8. The minimum absolute atomic E-state index is 0.419. The highest BCUT2D eigenvalue weighted by atomic mass is 35.5. The fraction of sp³-hybridized carbons (Fsp3) is 0.167. The number of nitrogens with two attached hydrogens (primary N) is 1. The van der Waals surface area contributed by atoms with Gasteiger partial charge in [0.15, 0.2) is 5.52 Å². The molecule has 0 aliphatic rings. The first-order valence-corrected chi connectivity index (χ1v) is 6.00. The van der Waals surface area contributed by atoms with E-state index in [1.165, 1.54) is 0 Å².